The summed E-state index contributed by atoms with van der Waals surface area (Å²) < 4.78 is 38.8. The van der Waals surface area contributed by atoms with E-state index in [4.69, 9.17) is 10.0 Å². The molecule has 3 nitrogen and oxygen atoms in total. The molecular formula is C8H8BF3O3. The molecule has 0 unspecified atom stereocenters. The number of alkyl halides is 3. The second kappa shape index (κ2) is 4.65. The minimum Gasteiger partial charge on any atom is -0.423 e. The van der Waals surface area contributed by atoms with Crippen molar-refractivity contribution in [3.8, 4) is 0 Å². The Bertz CT molecular complexity index is 327. The van der Waals surface area contributed by atoms with Crippen molar-refractivity contribution in [1.82, 2.24) is 0 Å². The quantitative estimate of drug-likeness (QED) is 0.725. The molecule has 0 bridgehead atoms. The molecule has 0 saturated heterocycles. The fourth-order valence-corrected chi connectivity index (χ4v) is 1.08. The highest BCUT2D eigenvalue weighted by molar-refractivity contribution is 6.59. The maximum atomic E-state index is 11.7. The molecule has 15 heavy (non-hydrogen) atoms. The third kappa shape index (κ3) is 3.90. The minimum absolute atomic E-state index is 0.00162. The van der Waals surface area contributed by atoms with E-state index in [0.29, 0.717) is 0 Å². The molecule has 0 amide bonds. The van der Waals surface area contributed by atoms with Gasteiger partial charge < -0.3 is 10.0 Å². The maximum absolute atomic E-state index is 11.7. The van der Waals surface area contributed by atoms with Crippen LogP contribution in [0, 0.1) is 0 Å². The summed E-state index contributed by atoms with van der Waals surface area (Å²) in [7, 11) is -1.81. The number of halogens is 3. The lowest BCUT2D eigenvalue weighted by atomic mass is 9.77. The summed E-state index contributed by atoms with van der Waals surface area (Å²) in [5, 5.41) is 17.7. The molecule has 7 heteroatoms. The van der Waals surface area contributed by atoms with E-state index in [1.807, 2.05) is 0 Å². The topological polar surface area (TPSA) is 49.7 Å². The van der Waals surface area contributed by atoms with Crippen molar-refractivity contribution in [1.29, 1.82) is 0 Å². The summed E-state index contributed by atoms with van der Waals surface area (Å²) in [6, 6.07) is 5.63. The van der Waals surface area contributed by atoms with Gasteiger partial charge in [0.25, 0.3) is 0 Å². The van der Waals surface area contributed by atoms with Crippen LogP contribution in [0.15, 0.2) is 24.3 Å². The molecular weight excluding hydrogens is 212 g/mol. The molecule has 0 radical (unpaired) electrons. The van der Waals surface area contributed by atoms with E-state index in [2.05, 4.69) is 4.74 Å². The van der Waals surface area contributed by atoms with Gasteiger partial charge in [-0.3, -0.25) is 4.74 Å². The number of ether oxygens (including phenoxy) is 1. The number of rotatable bonds is 3. The van der Waals surface area contributed by atoms with Crippen LogP contribution in [0.3, 0.4) is 0 Å². The predicted molar refractivity (Wildman–Crippen MR) is 47.1 cm³/mol. The summed E-state index contributed by atoms with van der Waals surface area (Å²) in [5.74, 6) is 0. The summed E-state index contributed by atoms with van der Waals surface area (Å²) in [4.78, 5) is 0. The molecule has 1 aromatic rings. The Hall–Kier alpha value is -1.05. The predicted octanol–water partition coefficient (Wildman–Crippen LogP) is 0.403. The number of hydrogen-bond acceptors (Lipinski definition) is 3. The zero-order valence-electron chi connectivity index (χ0n) is 7.53. The monoisotopic (exact) mass is 220 g/mol. The van der Waals surface area contributed by atoms with E-state index in [-0.39, 0.29) is 11.0 Å². The van der Waals surface area contributed by atoms with Crippen molar-refractivity contribution in [2.45, 2.75) is 13.0 Å². The average molecular weight is 220 g/mol. The Morgan fingerprint density at radius 3 is 2.33 bits per heavy atom. The molecule has 0 fully saturated rings. The van der Waals surface area contributed by atoms with E-state index in [0.717, 1.165) is 0 Å². The SMILES string of the molecule is OB(O)c1ccccc1COC(F)(F)F. The first-order valence-electron chi connectivity index (χ1n) is 4.05. The van der Waals surface area contributed by atoms with Gasteiger partial charge >= 0.3 is 13.5 Å². The Kier molecular flexibility index (Phi) is 3.73. The van der Waals surface area contributed by atoms with E-state index in [1.54, 1.807) is 0 Å². The van der Waals surface area contributed by atoms with Gasteiger partial charge in [0, 0.05) is 0 Å². The standard InChI is InChI=1S/C8H8BF3O3/c10-8(11,12)15-5-6-3-1-2-4-7(6)9(13)14/h1-4,13-14H,5H2. The third-order valence-corrected chi connectivity index (χ3v) is 1.72. The fraction of sp³-hybridized carbons (Fsp3) is 0.250. The summed E-state index contributed by atoms with van der Waals surface area (Å²) in [6.45, 7) is -0.739. The van der Waals surface area contributed by atoms with Gasteiger partial charge in [-0.25, -0.2) is 0 Å². The van der Waals surface area contributed by atoms with Crippen molar-refractivity contribution < 1.29 is 28.0 Å². The minimum atomic E-state index is -4.73. The Labute approximate surface area is 84.3 Å². The third-order valence-electron chi connectivity index (χ3n) is 1.72. The van der Waals surface area contributed by atoms with Crippen LogP contribution in [0.25, 0.3) is 0 Å². The van der Waals surface area contributed by atoms with E-state index in [9.17, 15) is 13.2 Å². The van der Waals surface area contributed by atoms with Gasteiger partial charge in [-0.15, -0.1) is 13.2 Å². The highest BCUT2D eigenvalue weighted by Gasteiger charge is 2.29. The summed E-state index contributed by atoms with van der Waals surface area (Å²) in [5.41, 5.74) is 0.0894. The first kappa shape index (κ1) is 12.0. The van der Waals surface area contributed by atoms with Crippen LogP contribution in [-0.2, 0) is 11.3 Å². The zero-order valence-corrected chi connectivity index (χ0v) is 7.53. The van der Waals surface area contributed by atoms with E-state index < -0.39 is 20.1 Å². The normalized spacial score (nSPS) is 11.5. The van der Waals surface area contributed by atoms with Crippen molar-refractivity contribution in [2.24, 2.45) is 0 Å². The lowest BCUT2D eigenvalue weighted by Gasteiger charge is -2.10. The first-order chi connectivity index (χ1) is 6.90. The average Bonchev–Trinajstić information content (AvgIpc) is 2.14. The van der Waals surface area contributed by atoms with Gasteiger partial charge in [-0.05, 0) is 11.0 Å². The van der Waals surface area contributed by atoms with Crippen LogP contribution in [0.2, 0.25) is 0 Å². The summed E-state index contributed by atoms with van der Waals surface area (Å²) >= 11 is 0. The van der Waals surface area contributed by atoms with E-state index in [1.165, 1.54) is 24.3 Å². The molecule has 0 aromatic heterocycles. The Morgan fingerprint density at radius 1 is 1.20 bits per heavy atom. The van der Waals surface area contributed by atoms with Gasteiger partial charge in [0.05, 0.1) is 6.61 Å². The van der Waals surface area contributed by atoms with Gasteiger partial charge in [-0.1, -0.05) is 24.3 Å². The van der Waals surface area contributed by atoms with Crippen molar-refractivity contribution in [2.75, 3.05) is 0 Å². The molecule has 0 heterocycles. The molecule has 0 saturated carbocycles. The van der Waals surface area contributed by atoms with Gasteiger partial charge in [0.2, 0.25) is 0 Å². The van der Waals surface area contributed by atoms with Crippen molar-refractivity contribution >= 4 is 12.6 Å². The Balaban J connectivity index is 2.76. The molecule has 0 aliphatic heterocycles. The van der Waals surface area contributed by atoms with Crippen molar-refractivity contribution in [3.05, 3.63) is 29.8 Å². The van der Waals surface area contributed by atoms with Gasteiger partial charge in [0.1, 0.15) is 0 Å². The Morgan fingerprint density at radius 2 is 1.80 bits per heavy atom. The largest absolute Gasteiger partial charge is 0.522 e. The fourth-order valence-electron chi connectivity index (χ4n) is 1.08. The van der Waals surface area contributed by atoms with Crippen LogP contribution >= 0.6 is 0 Å². The van der Waals surface area contributed by atoms with Gasteiger partial charge in [0.15, 0.2) is 0 Å². The van der Waals surface area contributed by atoms with Crippen LogP contribution in [0.5, 0.6) is 0 Å². The number of hydrogen-bond donors (Lipinski definition) is 2. The molecule has 2 N–H and O–H groups in total. The molecule has 0 aliphatic rings. The first-order valence-corrected chi connectivity index (χ1v) is 4.05. The highest BCUT2D eigenvalue weighted by atomic mass is 19.4. The molecule has 1 aromatic carbocycles. The smallest absolute Gasteiger partial charge is 0.423 e. The molecule has 0 aliphatic carbocycles. The summed E-state index contributed by atoms with van der Waals surface area (Å²) in [6.07, 6.45) is -4.73. The second-order valence-electron chi connectivity index (χ2n) is 2.81. The highest BCUT2D eigenvalue weighted by Crippen LogP contribution is 2.18. The lowest BCUT2D eigenvalue weighted by molar-refractivity contribution is -0.330. The van der Waals surface area contributed by atoms with Crippen LogP contribution < -0.4 is 5.46 Å². The van der Waals surface area contributed by atoms with Crippen molar-refractivity contribution in [3.63, 3.8) is 0 Å². The van der Waals surface area contributed by atoms with Gasteiger partial charge in [-0.2, -0.15) is 0 Å². The molecule has 0 atom stereocenters. The lowest BCUT2D eigenvalue weighted by Crippen LogP contribution is -2.33. The maximum Gasteiger partial charge on any atom is 0.522 e. The number of benzene rings is 1. The van der Waals surface area contributed by atoms with Crippen LogP contribution in [0.4, 0.5) is 13.2 Å². The zero-order chi connectivity index (χ0) is 11.5. The molecule has 82 valence electrons. The second-order valence-corrected chi connectivity index (χ2v) is 2.81. The molecule has 1 rings (SSSR count). The van der Waals surface area contributed by atoms with Crippen LogP contribution in [-0.4, -0.2) is 23.5 Å². The molecule has 0 spiro atoms. The van der Waals surface area contributed by atoms with Crippen LogP contribution in [0.1, 0.15) is 5.56 Å². The van der Waals surface area contributed by atoms with E-state index >= 15 is 0 Å².